The molecule has 1 aromatic carbocycles. The Kier molecular flexibility index (Phi) is 3.44. The Balaban J connectivity index is 2.57. The van der Waals surface area contributed by atoms with Crippen LogP contribution in [0.1, 0.15) is 11.1 Å². The first kappa shape index (κ1) is 13.4. The summed E-state index contributed by atoms with van der Waals surface area (Å²) >= 11 is 0. The largest absolute Gasteiger partial charge is 0.416 e. The molecule has 0 spiro atoms. The summed E-state index contributed by atoms with van der Waals surface area (Å²) in [5.41, 5.74) is 5.96. The maximum Gasteiger partial charge on any atom is 0.416 e. The molecule has 0 saturated carbocycles. The average molecular weight is 268 g/mol. The SMILES string of the molecule is Nc1nccc(-c2cccc(C(F)(F)F)c2)c1CO. The van der Waals surface area contributed by atoms with E-state index >= 15 is 0 Å². The lowest BCUT2D eigenvalue weighted by Crippen LogP contribution is -2.05. The molecule has 1 aromatic heterocycles. The number of hydrogen-bond acceptors (Lipinski definition) is 3. The fraction of sp³-hybridized carbons (Fsp3) is 0.154. The maximum absolute atomic E-state index is 12.7. The zero-order chi connectivity index (χ0) is 14.0. The molecule has 0 aliphatic rings. The number of pyridine rings is 1. The van der Waals surface area contributed by atoms with Gasteiger partial charge in [0.2, 0.25) is 0 Å². The van der Waals surface area contributed by atoms with E-state index in [0.717, 1.165) is 12.1 Å². The molecular formula is C13H11F3N2O. The van der Waals surface area contributed by atoms with Gasteiger partial charge in [-0.2, -0.15) is 13.2 Å². The van der Waals surface area contributed by atoms with Crippen LogP contribution >= 0.6 is 0 Å². The normalized spacial score (nSPS) is 11.6. The van der Waals surface area contributed by atoms with E-state index in [1.807, 2.05) is 0 Å². The fourth-order valence-corrected chi connectivity index (χ4v) is 1.81. The number of rotatable bonds is 2. The fourth-order valence-electron chi connectivity index (χ4n) is 1.81. The number of aliphatic hydroxyl groups excluding tert-OH is 1. The Bertz CT molecular complexity index is 597. The molecule has 3 nitrogen and oxygen atoms in total. The van der Waals surface area contributed by atoms with E-state index in [-0.39, 0.29) is 12.4 Å². The van der Waals surface area contributed by atoms with E-state index in [0.29, 0.717) is 16.7 Å². The molecule has 2 aromatic rings. The van der Waals surface area contributed by atoms with Crippen LogP contribution in [0.3, 0.4) is 0 Å². The zero-order valence-electron chi connectivity index (χ0n) is 9.78. The summed E-state index contributed by atoms with van der Waals surface area (Å²) < 4.78 is 38.0. The van der Waals surface area contributed by atoms with E-state index in [9.17, 15) is 18.3 Å². The van der Waals surface area contributed by atoms with Crippen molar-refractivity contribution in [3.8, 4) is 11.1 Å². The third-order valence-corrected chi connectivity index (χ3v) is 2.75. The van der Waals surface area contributed by atoms with Gasteiger partial charge >= 0.3 is 6.18 Å². The third kappa shape index (κ3) is 2.68. The molecule has 1 heterocycles. The summed E-state index contributed by atoms with van der Waals surface area (Å²) in [4.78, 5) is 3.80. The highest BCUT2D eigenvalue weighted by atomic mass is 19.4. The molecule has 0 radical (unpaired) electrons. The van der Waals surface area contributed by atoms with Gasteiger partial charge in [0.15, 0.2) is 0 Å². The van der Waals surface area contributed by atoms with Crippen molar-refractivity contribution in [3.63, 3.8) is 0 Å². The Morgan fingerprint density at radius 3 is 2.58 bits per heavy atom. The number of anilines is 1. The maximum atomic E-state index is 12.7. The predicted octanol–water partition coefficient (Wildman–Crippen LogP) is 2.84. The van der Waals surface area contributed by atoms with E-state index in [4.69, 9.17) is 5.73 Å². The first-order valence-corrected chi connectivity index (χ1v) is 5.45. The van der Waals surface area contributed by atoms with Crippen molar-refractivity contribution in [2.75, 3.05) is 5.73 Å². The molecule has 0 saturated heterocycles. The van der Waals surface area contributed by atoms with Gasteiger partial charge in [0.25, 0.3) is 0 Å². The van der Waals surface area contributed by atoms with Crippen molar-refractivity contribution in [3.05, 3.63) is 47.7 Å². The van der Waals surface area contributed by atoms with E-state index in [2.05, 4.69) is 4.98 Å². The van der Waals surface area contributed by atoms with Gasteiger partial charge in [0, 0.05) is 11.8 Å². The van der Waals surface area contributed by atoms with Crippen molar-refractivity contribution in [1.29, 1.82) is 0 Å². The summed E-state index contributed by atoms with van der Waals surface area (Å²) in [6.45, 7) is -0.384. The monoisotopic (exact) mass is 268 g/mol. The predicted molar refractivity (Wildman–Crippen MR) is 65.0 cm³/mol. The molecule has 6 heteroatoms. The number of aliphatic hydroxyl groups is 1. The van der Waals surface area contributed by atoms with Crippen molar-refractivity contribution >= 4 is 5.82 Å². The molecule has 0 aliphatic carbocycles. The highest BCUT2D eigenvalue weighted by Gasteiger charge is 2.30. The van der Waals surface area contributed by atoms with Crippen LogP contribution < -0.4 is 5.73 Å². The van der Waals surface area contributed by atoms with Crippen LogP contribution in [0.2, 0.25) is 0 Å². The van der Waals surface area contributed by atoms with E-state index in [1.165, 1.54) is 24.4 Å². The van der Waals surface area contributed by atoms with Crippen molar-refractivity contribution in [2.45, 2.75) is 12.8 Å². The van der Waals surface area contributed by atoms with Crippen LogP contribution in [0.4, 0.5) is 19.0 Å². The molecular weight excluding hydrogens is 257 g/mol. The smallest absolute Gasteiger partial charge is 0.392 e. The number of aromatic nitrogens is 1. The summed E-state index contributed by atoms with van der Waals surface area (Å²) in [5.74, 6) is 0.109. The van der Waals surface area contributed by atoms with Crippen LogP contribution in [-0.2, 0) is 12.8 Å². The van der Waals surface area contributed by atoms with Gasteiger partial charge in [0.05, 0.1) is 12.2 Å². The van der Waals surface area contributed by atoms with Crippen LogP contribution in [0.5, 0.6) is 0 Å². The highest BCUT2D eigenvalue weighted by molar-refractivity contribution is 5.71. The molecule has 0 amide bonds. The van der Waals surface area contributed by atoms with Gasteiger partial charge in [-0.25, -0.2) is 4.98 Å². The van der Waals surface area contributed by atoms with Gasteiger partial charge in [-0.15, -0.1) is 0 Å². The Labute approximate surface area is 107 Å². The molecule has 100 valence electrons. The minimum absolute atomic E-state index is 0.109. The second-order valence-corrected chi connectivity index (χ2v) is 3.96. The number of benzene rings is 1. The number of nitrogens with two attached hydrogens (primary N) is 1. The molecule has 0 fully saturated rings. The molecule has 0 bridgehead atoms. The summed E-state index contributed by atoms with van der Waals surface area (Å²) in [6, 6.07) is 6.39. The zero-order valence-corrected chi connectivity index (χ0v) is 9.78. The van der Waals surface area contributed by atoms with Crippen molar-refractivity contribution in [1.82, 2.24) is 4.98 Å². The van der Waals surface area contributed by atoms with Gasteiger partial charge in [-0.05, 0) is 29.3 Å². The van der Waals surface area contributed by atoms with Crippen molar-refractivity contribution in [2.24, 2.45) is 0 Å². The second kappa shape index (κ2) is 4.89. The van der Waals surface area contributed by atoms with Crippen LogP contribution in [0.15, 0.2) is 36.5 Å². The molecule has 3 N–H and O–H groups in total. The number of halogens is 3. The third-order valence-electron chi connectivity index (χ3n) is 2.75. The number of nitrogens with zero attached hydrogens (tertiary/aromatic N) is 1. The van der Waals surface area contributed by atoms with Crippen molar-refractivity contribution < 1.29 is 18.3 Å². The van der Waals surface area contributed by atoms with Gasteiger partial charge in [-0.3, -0.25) is 0 Å². The summed E-state index contributed by atoms with van der Waals surface area (Å²) in [7, 11) is 0. The van der Waals surface area contributed by atoms with Gasteiger partial charge in [-0.1, -0.05) is 12.1 Å². The Hall–Kier alpha value is -2.08. The minimum Gasteiger partial charge on any atom is -0.392 e. The standard InChI is InChI=1S/C13H11F3N2O/c14-13(15,16)9-3-1-2-8(6-9)10-4-5-18-12(17)11(10)7-19/h1-6,19H,7H2,(H2,17,18). The molecule has 19 heavy (non-hydrogen) atoms. The summed E-state index contributed by atoms with van der Waals surface area (Å²) in [6.07, 6.45) is -3.02. The Morgan fingerprint density at radius 2 is 1.95 bits per heavy atom. The number of hydrogen-bond donors (Lipinski definition) is 2. The minimum atomic E-state index is -4.41. The first-order chi connectivity index (χ1) is 8.93. The second-order valence-electron chi connectivity index (χ2n) is 3.96. The number of nitrogen functional groups attached to an aromatic ring is 1. The highest BCUT2D eigenvalue weighted by Crippen LogP contribution is 2.33. The average Bonchev–Trinajstić information content (AvgIpc) is 2.37. The topological polar surface area (TPSA) is 59.1 Å². The lowest BCUT2D eigenvalue weighted by atomic mass is 9.99. The molecule has 0 atom stereocenters. The van der Waals surface area contributed by atoms with Crippen LogP contribution in [-0.4, -0.2) is 10.1 Å². The van der Waals surface area contributed by atoms with Crippen LogP contribution in [0.25, 0.3) is 11.1 Å². The van der Waals surface area contributed by atoms with E-state index in [1.54, 1.807) is 0 Å². The first-order valence-electron chi connectivity index (χ1n) is 5.45. The molecule has 2 rings (SSSR count). The van der Waals surface area contributed by atoms with Crippen LogP contribution in [0, 0.1) is 0 Å². The number of alkyl halides is 3. The van der Waals surface area contributed by atoms with Gasteiger partial charge < -0.3 is 10.8 Å². The quantitative estimate of drug-likeness (QED) is 0.880. The lowest BCUT2D eigenvalue weighted by molar-refractivity contribution is -0.137. The summed E-state index contributed by atoms with van der Waals surface area (Å²) in [5, 5.41) is 9.25. The molecule has 0 aliphatic heterocycles. The molecule has 0 unspecified atom stereocenters. The van der Waals surface area contributed by atoms with E-state index < -0.39 is 11.7 Å². The van der Waals surface area contributed by atoms with Gasteiger partial charge in [0.1, 0.15) is 5.82 Å². The Morgan fingerprint density at radius 1 is 1.21 bits per heavy atom. The lowest BCUT2D eigenvalue weighted by Gasteiger charge is -2.12.